The fourth-order valence-corrected chi connectivity index (χ4v) is 4.32. The molecule has 24 heavy (non-hydrogen) atoms. The van der Waals surface area contributed by atoms with Gasteiger partial charge in [-0.3, -0.25) is 9.59 Å². The minimum atomic E-state index is -0.255. The number of carbonyl (C=O) groups is 2. The molecule has 1 spiro atoms. The quantitative estimate of drug-likeness (QED) is 0.785. The lowest BCUT2D eigenvalue weighted by molar-refractivity contribution is -0.131. The number of furan rings is 1. The third-order valence-electron chi connectivity index (χ3n) is 5.24. The summed E-state index contributed by atoms with van der Waals surface area (Å²) in [5.74, 6) is 0.765. The molecule has 0 radical (unpaired) electrons. The van der Waals surface area contributed by atoms with Crippen molar-refractivity contribution < 1.29 is 18.7 Å². The molecule has 2 amide bonds. The normalized spacial score (nSPS) is 25.3. The van der Waals surface area contributed by atoms with Crippen molar-refractivity contribution in [2.45, 2.75) is 31.3 Å². The van der Waals surface area contributed by atoms with E-state index in [0.717, 1.165) is 32.4 Å². The number of rotatable bonds is 3. The Kier molecular flexibility index (Phi) is 4.16. The first-order valence-electron chi connectivity index (χ1n) is 8.51. The molecule has 130 valence electrons. The first-order valence-corrected chi connectivity index (χ1v) is 9.30. The largest absolute Gasteiger partial charge is 0.444 e. The van der Waals surface area contributed by atoms with Gasteiger partial charge in [-0.05, 0) is 53.2 Å². The van der Waals surface area contributed by atoms with E-state index in [1.165, 1.54) is 0 Å². The van der Waals surface area contributed by atoms with Crippen molar-refractivity contribution in [1.29, 1.82) is 0 Å². The molecule has 7 heteroatoms. The summed E-state index contributed by atoms with van der Waals surface area (Å²) >= 11 is 3.21. The van der Waals surface area contributed by atoms with Gasteiger partial charge >= 0.3 is 0 Å². The number of halogens is 1. The van der Waals surface area contributed by atoms with Gasteiger partial charge in [0, 0.05) is 19.5 Å². The van der Waals surface area contributed by atoms with Crippen molar-refractivity contribution in [3.63, 3.8) is 0 Å². The Labute approximate surface area is 149 Å². The molecule has 3 aliphatic rings. The molecule has 1 atom stereocenters. The van der Waals surface area contributed by atoms with Gasteiger partial charge in [0.1, 0.15) is 5.60 Å². The lowest BCUT2D eigenvalue weighted by Crippen LogP contribution is -2.63. The summed E-state index contributed by atoms with van der Waals surface area (Å²) in [7, 11) is 0. The molecule has 0 bridgehead atoms. The highest BCUT2D eigenvalue weighted by molar-refractivity contribution is 9.10. The van der Waals surface area contributed by atoms with Crippen molar-refractivity contribution in [2.75, 3.05) is 32.8 Å². The third-order valence-corrected chi connectivity index (χ3v) is 5.66. The molecule has 1 aromatic heterocycles. The number of hydrogen-bond acceptors (Lipinski definition) is 4. The molecule has 1 aromatic rings. The Bertz CT molecular complexity index is 647. The Balaban J connectivity index is 1.28. The number of hydrogen-bond donors (Lipinski definition) is 0. The van der Waals surface area contributed by atoms with E-state index >= 15 is 0 Å². The Morgan fingerprint density at radius 3 is 2.62 bits per heavy atom. The van der Waals surface area contributed by atoms with Crippen molar-refractivity contribution >= 4 is 27.7 Å². The molecule has 3 fully saturated rings. The number of nitrogens with zero attached hydrogens (tertiary/aromatic N) is 2. The lowest BCUT2D eigenvalue weighted by atomic mass is 9.85. The van der Waals surface area contributed by atoms with Gasteiger partial charge in [0.05, 0.1) is 19.7 Å². The molecule has 3 aliphatic heterocycles. The molecule has 1 unspecified atom stereocenters. The van der Waals surface area contributed by atoms with E-state index < -0.39 is 0 Å². The molecule has 0 aliphatic carbocycles. The van der Waals surface area contributed by atoms with Crippen LogP contribution in [0.1, 0.15) is 36.2 Å². The van der Waals surface area contributed by atoms with Crippen LogP contribution in [-0.4, -0.2) is 60.0 Å². The summed E-state index contributed by atoms with van der Waals surface area (Å²) in [6, 6.07) is 3.39. The van der Waals surface area contributed by atoms with E-state index in [2.05, 4.69) is 15.9 Å². The average molecular weight is 397 g/mol. The minimum Gasteiger partial charge on any atom is -0.444 e. The monoisotopic (exact) mass is 396 g/mol. The molecule has 4 rings (SSSR count). The number of carbonyl (C=O) groups excluding carboxylic acids is 2. The highest BCUT2D eigenvalue weighted by Crippen LogP contribution is 2.40. The molecular weight excluding hydrogens is 376 g/mol. The summed E-state index contributed by atoms with van der Waals surface area (Å²) in [6.07, 6.45) is 3.67. The van der Waals surface area contributed by atoms with Gasteiger partial charge < -0.3 is 19.0 Å². The zero-order valence-electron chi connectivity index (χ0n) is 13.5. The maximum absolute atomic E-state index is 12.3. The Morgan fingerprint density at radius 1 is 1.21 bits per heavy atom. The molecule has 0 N–H and O–H groups in total. The van der Waals surface area contributed by atoms with Crippen molar-refractivity contribution in [1.82, 2.24) is 9.80 Å². The van der Waals surface area contributed by atoms with Crippen LogP contribution in [-0.2, 0) is 9.53 Å². The summed E-state index contributed by atoms with van der Waals surface area (Å²) in [5.41, 5.74) is -0.255. The van der Waals surface area contributed by atoms with E-state index in [1.54, 1.807) is 17.0 Å². The van der Waals surface area contributed by atoms with Gasteiger partial charge in [-0.25, -0.2) is 0 Å². The fraction of sp³-hybridized carbons (Fsp3) is 0.647. The van der Waals surface area contributed by atoms with E-state index in [1.807, 2.05) is 4.90 Å². The summed E-state index contributed by atoms with van der Waals surface area (Å²) in [6.45, 7) is 3.59. The van der Waals surface area contributed by atoms with E-state index in [9.17, 15) is 9.59 Å². The Morgan fingerprint density at radius 2 is 1.96 bits per heavy atom. The van der Waals surface area contributed by atoms with Crippen molar-refractivity contribution in [3.05, 3.63) is 22.6 Å². The first-order chi connectivity index (χ1) is 11.5. The van der Waals surface area contributed by atoms with Gasteiger partial charge in [-0.2, -0.15) is 0 Å². The second-order valence-corrected chi connectivity index (χ2v) is 7.90. The SMILES string of the molecule is O=C(CC1COC2(C1)CN(C(=O)c1ccc(Br)o1)C2)N1CCCC1. The molecule has 4 heterocycles. The van der Waals surface area contributed by atoms with Crippen LogP contribution in [0.25, 0.3) is 0 Å². The van der Waals surface area contributed by atoms with Gasteiger partial charge in [0.2, 0.25) is 5.91 Å². The maximum atomic E-state index is 12.3. The van der Waals surface area contributed by atoms with Gasteiger partial charge in [-0.15, -0.1) is 0 Å². The minimum absolute atomic E-state index is 0.105. The highest BCUT2D eigenvalue weighted by atomic mass is 79.9. The lowest BCUT2D eigenvalue weighted by Gasteiger charge is -2.46. The Hall–Kier alpha value is -1.34. The predicted molar refractivity (Wildman–Crippen MR) is 89.5 cm³/mol. The predicted octanol–water partition coefficient (Wildman–Crippen LogP) is 2.29. The maximum Gasteiger partial charge on any atom is 0.289 e. The number of ether oxygens (including phenoxy) is 1. The average Bonchev–Trinajstić information content (AvgIpc) is 3.25. The third kappa shape index (κ3) is 2.99. The van der Waals surface area contributed by atoms with Crippen LogP contribution >= 0.6 is 15.9 Å². The van der Waals surface area contributed by atoms with Gasteiger partial charge in [-0.1, -0.05) is 0 Å². The smallest absolute Gasteiger partial charge is 0.289 e. The van der Waals surface area contributed by atoms with E-state index in [0.29, 0.717) is 36.5 Å². The van der Waals surface area contributed by atoms with Crippen LogP contribution in [0.2, 0.25) is 0 Å². The highest BCUT2D eigenvalue weighted by Gasteiger charge is 2.52. The molecular formula is C17H21BrN2O4. The van der Waals surface area contributed by atoms with Crippen LogP contribution in [0.4, 0.5) is 0 Å². The summed E-state index contributed by atoms with van der Waals surface area (Å²) < 4.78 is 11.8. The summed E-state index contributed by atoms with van der Waals surface area (Å²) in [4.78, 5) is 28.3. The molecule has 3 saturated heterocycles. The second kappa shape index (κ2) is 6.19. The first kappa shape index (κ1) is 16.1. The van der Waals surface area contributed by atoms with Crippen molar-refractivity contribution in [2.24, 2.45) is 5.92 Å². The molecule has 0 saturated carbocycles. The second-order valence-electron chi connectivity index (χ2n) is 7.12. The van der Waals surface area contributed by atoms with Crippen LogP contribution in [0.15, 0.2) is 21.2 Å². The van der Waals surface area contributed by atoms with Crippen LogP contribution in [0.3, 0.4) is 0 Å². The topological polar surface area (TPSA) is 63.0 Å². The fourth-order valence-electron chi connectivity index (χ4n) is 4.01. The van der Waals surface area contributed by atoms with Gasteiger partial charge in [0.25, 0.3) is 5.91 Å². The van der Waals surface area contributed by atoms with E-state index in [-0.39, 0.29) is 23.3 Å². The van der Waals surface area contributed by atoms with Crippen molar-refractivity contribution in [3.8, 4) is 0 Å². The number of likely N-dealkylation sites (tertiary alicyclic amines) is 2. The zero-order valence-corrected chi connectivity index (χ0v) is 15.1. The molecule has 6 nitrogen and oxygen atoms in total. The zero-order chi connectivity index (χ0) is 16.7. The summed E-state index contributed by atoms with van der Waals surface area (Å²) in [5, 5.41) is 0. The molecule has 0 aromatic carbocycles. The van der Waals surface area contributed by atoms with Crippen LogP contribution < -0.4 is 0 Å². The number of amides is 2. The van der Waals surface area contributed by atoms with Crippen LogP contribution in [0, 0.1) is 5.92 Å². The van der Waals surface area contributed by atoms with Gasteiger partial charge in [0.15, 0.2) is 10.4 Å². The van der Waals surface area contributed by atoms with Crippen LogP contribution in [0.5, 0.6) is 0 Å². The standard InChI is InChI=1S/C17H21BrN2O4/c18-14-4-3-13(24-14)16(22)20-10-17(11-20)8-12(9-23-17)7-15(21)19-5-1-2-6-19/h3-4,12H,1-2,5-11H2. The van der Waals surface area contributed by atoms with E-state index in [4.69, 9.17) is 9.15 Å².